The summed E-state index contributed by atoms with van der Waals surface area (Å²) in [4.78, 5) is 15.5. The average Bonchev–Trinajstić information content (AvgIpc) is 2.85. The van der Waals surface area contributed by atoms with E-state index in [2.05, 4.69) is 22.3 Å². The van der Waals surface area contributed by atoms with Crippen molar-refractivity contribution in [2.75, 3.05) is 0 Å². The van der Waals surface area contributed by atoms with Crippen molar-refractivity contribution >= 4 is 11.7 Å². The van der Waals surface area contributed by atoms with E-state index in [0.717, 1.165) is 44.6 Å². The number of benzene rings is 3. The lowest BCUT2D eigenvalue weighted by molar-refractivity contribution is 0.0697. The summed E-state index contributed by atoms with van der Waals surface area (Å²) in [6.07, 6.45) is 3.11. The number of carbonyl (C=O) groups is 1. The second-order valence-electron chi connectivity index (χ2n) is 8.29. The molecule has 2 N–H and O–H groups in total. The van der Waals surface area contributed by atoms with Crippen LogP contribution in [0.4, 0.5) is 0 Å². The van der Waals surface area contributed by atoms with Crippen molar-refractivity contribution in [3.05, 3.63) is 113 Å². The van der Waals surface area contributed by atoms with E-state index in [1.165, 1.54) is 0 Å². The van der Waals surface area contributed by atoms with E-state index in [-0.39, 0.29) is 5.56 Å². The molecule has 0 aliphatic rings. The molecule has 0 amide bonds. The number of hydrogen-bond donors (Lipinski definition) is 2. The molecule has 0 spiro atoms. The predicted octanol–water partition coefficient (Wildman–Crippen LogP) is 6.54. The van der Waals surface area contributed by atoms with E-state index >= 15 is 0 Å². The summed E-state index contributed by atoms with van der Waals surface area (Å²) >= 11 is 0. The van der Waals surface area contributed by atoms with E-state index in [1.54, 1.807) is 24.4 Å². The molecule has 34 heavy (non-hydrogen) atoms. The molecule has 3 aromatic carbocycles. The molecule has 4 rings (SSSR count). The van der Waals surface area contributed by atoms with Gasteiger partial charge in [0, 0.05) is 17.5 Å². The van der Waals surface area contributed by atoms with Crippen LogP contribution in [0.25, 0.3) is 22.3 Å². The Morgan fingerprint density at radius 1 is 0.882 bits per heavy atom. The molecule has 4 aromatic rings. The number of aromatic carboxylic acids is 1. The van der Waals surface area contributed by atoms with Gasteiger partial charge in [-0.3, -0.25) is 4.98 Å². The van der Waals surface area contributed by atoms with Crippen LogP contribution in [0.3, 0.4) is 0 Å². The molecule has 0 atom stereocenters. The molecule has 0 saturated heterocycles. The zero-order valence-corrected chi connectivity index (χ0v) is 19.2. The minimum atomic E-state index is -0.937. The zero-order valence-electron chi connectivity index (χ0n) is 19.2. The van der Waals surface area contributed by atoms with Crippen molar-refractivity contribution in [2.24, 2.45) is 5.16 Å². The monoisotopic (exact) mass is 450 g/mol. The van der Waals surface area contributed by atoms with Crippen LogP contribution in [0.5, 0.6) is 0 Å². The Bertz CT molecular complexity index is 1360. The van der Waals surface area contributed by atoms with Crippen molar-refractivity contribution in [1.82, 2.24) is 4.98 Å². The van der Waals surface area contributed by atoms with Crippen LogP contribution in [0.15, 0.2) is 90.2 Å². The summed E-state index contributed by atoms with van der Waals surface area (Å²) in [5.41, 5.74) is 8.97. The van der Waals surface area contributed by atoms with Crippen LogP contribution in [-0.2, 0) is 6.42 Å². The van der Waals surface area contributed by atoms with Gasteiger partial charge in [-0.15, -0.1) is 0 Å². The van der Waals surface area contributed by atoms with Gasteiger partial charge in [0.05, 0.1) is 11.3 Å². The maximum Gasteiger partial charge on any atom is 0.335 e. The summed E-state index contributed by atoms with van der Waals surface area (Å²) in [7, 11) is 0. The highest BCUT2D eigenvalue weighted by atomic mass is 16.4. The lowest BCUT2D eigenvalue weighted by atomic mass is 9.92. The highest BCUT2D eigenvalue weighted by Crippen LogP contribution is 2.27. The summed E-state index contributed by atoms with van der Waals surface area (Å²) in [6, 6.07) is 25.0. The van der Waals surface area contributed by atoms with Crippen molar-refractivity contribution in [1.29, 1.82) is 0 Å². The van der Waals surface area contributed by atoms with Gasteiger partial charge in [0.2, 0.25) is 0 Å². The van der Waals surface area contributed by atoms with Gasteiger partial charge < -0.3 is 10.3 Å². The quantitative estimate of drug-likeness (QED) is 0.190. The van der Waals surface area contributed by atoms with Crippen LogP contribution in [0, 0.1) is 13.8 Å². The van der Waals surface area contributed by atoms with E-state index in [4.69, 9.17) is 0 Å². The molecule has 0 saturated carbocycles. The molecule has 170 valence electrons. The van der Waals surface area contributed by atoms with Gasteiger partial charge in [-0.2, -0.15) is 0 Å². The molecule has 0 unspecified atom stereocenters. The van der Waals surface area contributed by atoms with Gasteiger partial charge in [0.25, 0.3) is 0 Å². The second-order valence-corrected chi connectivity index (χ2v) is 8.29. The molecular weight excluding hydrogens is 424 g/mol. The number of carboxylic acid groups (broad SMARTS) is 1. The summed E-state index contributed by atoms with van der Waals surface area (Å²) in [5, 5.41) is 22.6. The first-order chi connectivity index (χ1) is 16.5. The zero-order chi connectivity index (χ0) is 24.1. The van der Waals surface area contributed by atoms with Crippen molar-refractivity contribution in [3.63, 3.8) is 0 Å². The van der Waals surface area contributed by atoms with E-state index in [9.17, 15) is 15.1 Å². The smallest absolute Gasteiger partial charge is 0.335 e. The largest absolute Gasteiger partial charge is 0.478 e. The fourth-order valence-electron chi connectivity index (χ4n) is 4.17. The predicted molar refractivity (Wildman–Crippen MR) is 135 cm³/mol. The highest BCUT2D eigenvalue weighted by molar-refractivity contribution is 6.03. The minimum absolute atomic E-state index is 0.268. The fraction of sp³-hybridized carbons (Fsp3) is 0.138. The number of aromatic nitrogens is 1. The number of carboxylic acids is 1. The molecule has 0 aliphatic heterocycles. The maximum absolute atomic E-state index is 11.2. The van der Waals surface area contributed by atoms with Gasteiger partial charge in [0.15, 0.2) is 0 Å². The van der Waals surface area contributed by atoms with E-state index in [0.29, 0.717) is 18.6 Å². The molecule has 1 heterocycles. The Morgan fingerprint density at radius 2 is 1.65 bits per heavy atom. The number of oxime groups is 1. The first kappa shape index (κ1) is 22.9. The molecule has 0 bridgehead atoms. The number of hydrogen-bond acceptors (Lipinski definition) is 4. The second kappa shape index (κ2) is 10.1. The van der Waals surface area contributed by atoms with Crippen molar-refractivity contribution in [3.8, 4) is 22.3 Å². The van der Waals surface area contributed by atoms with Crippen LogP contribution in [-0.4, -0.2) is 27.0 Å². The molecule has 5 nitrogen and oxygen atoms in total. The molecule has 0 radical (unpaired) electrons. The Morgan fingerprint density at radius 3 is 2.35 bits per heavy atom. The molecule has 0 aliphatic carbocycles. The van der Waals surface area contributed by atoms with E-state index < -0.39 is 5.97 Å². The van der Waals surface area contributed by atoms with Crippen LogP contribution in [0.1, 0.15) is 39.2 Å². The fourth-order valence-corrected chi connectivity index (χ4v) is 4.17. The van der Waals surface area contributed by atoms with E-state index in [1.807, 2.05) is 62.4 Å². The summed E-state index contributed by atoms with van der Waals surface area (Å²) < 4.78 is 0. The molecular formula is C29H26N2O3. The van der Waals surface area contributed by atoms with Crippen molar-refractivity contribution < 1.29 is 15.1 Å². The van der Waals surface area contributed by atoms with Gasteiger partial charge in [-0.05, 0) is 84.3 Å². The topological polar surface area (TPSA) is 82.8 Å². The SMILES string of the molecule is Cc1cc(-c2cccc(/C(CCc3ccc(-c4cccc(C(=O)O)c4)cc3)=N\O)c2C)ccn1. The lowest BCUT2D eigenvalue weighted by Gasteiger charge is -2.13. The van der Waals surface area contributed by atoms with Crippen LogP contribution >= 0.6 is 0 Å². The van der Waals surface area contributed by atoms with Gasteiger partial charge in [-0.1, -0.05) is 59.8 Å². The normalized spacial score (nSPS) is 11.4. The number of aryl methyl sites for hydroxylation is 2. The highest BCUT2D eigenvalue weighted by Gasteiger charge is 2.13. The Hall–Kier alpha value is -4.25. The minimum Gasteiger partial charge on any atom is -0.478 e. The number of rotatable bonds is 7. The Kier molecular flexibility index (Phi) is 6.83. The first-order valence-corrected chi connectivity index (χ1v) is 11.1. The maximum atomic E-state index is 11.2. The summed E-state index contributed by atoms with van der Waals surface area (Å²) in [6.45, 7) is 4.02. The third-order valence-corrected chi connectivity index (χ3v) is 6.02. The Labute approximate surface area is 199 Å². The van der Waals surface area contributed by atoms with Crippen LogP contribution < -0.4 is 0 Å². The first-order valence-electron chi connectivity index (χ1n) is 11.1. The van der Waals surface area contributed by atoms with Crippen molar-refractivity contribution in [2.45, 2.75) is 26.7 Å². The van der Waals surface area contributed by atoms with Crippen LogP contribution in [0.2, 0.25) is 0 Å². The number of pyridine rings is 1. The third-order valence-electron chi connectivity index (χ3n) is 6.02. The Balaban J connectivity index is 1.51. The standard InChI is InChI=1S/C29H26N2O3/c1-19-17-24(15-16-30-19)26-7-4-8-27(20(26)2)28(31-34)14-11-21-9-12-22(13-10-21)23-5-3-6-25(18-23)29(32)33/h3-10,12-13,15-18,34H,11,14H2,1-2H3,(H,32,33)/b31-28-. The van der Waals surface area contributed by atoms with Gasteiger partial charge >= 0.3 is 5.97 Å². The lowest BCUT2D eigenvalue weighted by Crippen LogP contribution is -2.06. The average molecular weight is 451 g/mol. The molecule has 1 aromatic heterocycles. The molecule has 5 heteroatoms. The molecule has 0 fully saturated rings. The third kappa shape index (κ3) is 5.04. The summed E-state index contributed by atoms with van der Waals surface area (Å²) in [5.74, 6) is -0.937. The number of nitrogens with zero attached hydrogens (tertiary/aromatic N) is 2. The van der Waals surface area contributed by atoms with Gasteiger partial charge in [-0.25, -0.2) is 4.79 Å². The van der Waals surface area contributed by atoms with Gasteiger partial charge in [0.1, 0.15) is 0 Å².